The lowest BCUT2D eigenvalue weighted by atomic mass is 9.93. The highest BCUT2D eigenvalue weighted by Crippen LogP contribution is 2.32. The molecule has 4 rings (SSSR count). The van der Waals surface area contributed by atoms with Crippen LogP contribution in [0, 0.1) is 0 Å². The fraction of sp³-hybridized carbons (Fsp3) is 0.172. The molecule has 4 aromatic rings. The van der Waals surface area contributed by atoms with Crippen molar-refractivity contribution >= 4 is 22.6 Å². The van der Waals surface area contributed by atoms with E-state index in [4.69, 9.17) is 4.74 Å². The molecular formula is C29H24F3NO4. The standard InChI is InChI=1S/C29H24F3NO4/c1-18(20-7-3-2-4-8-20)25(28(35)36)33-27(34)24-16-13-21-9-5-6-10-23(21)26(24)37-17-19-11-14-22(15-12-19)29(30,31)32/h2-16,18,25H,17H2,1H3,(H,33,34)(H,35,36). The largest absolute Gasteiger partial charge is 0.487 e. The Bertz CT molecular complexity index is 1400. The highest BCUT2D eigenvalue weighted by molar-refractivity contribution is 6.05. The van der Waals surface area contributed by atoms with Crippen molar-refractivity contribution in [1.29, 1.82) is 0 Å². The lowest BCUT2D eigenvalue weighted by Crippen LogP contribution is -2.44. The second-order valence-electron chi connectivity index (χ2n) is 8.64. The third kappa shape index (κ3) is 5.91. The Morgan fingerprint density at radius 3 is 2.19 bits per heavy atom. The van der Waals surface area contributed by atoms with Gasteiger partial charge in [0.25, 0.3) is 5.91 Å². The number of amides is 1. The molecule has 0 heterocycles. The molecule has 2 unspecified atom stereocenters. The van der Waals surface area contributed by atoms with Crippen molar-refractivity contribution in [3.8, 4) is 5.75 Å². The summed E-state index contributed by atoms with van der Waals surface area (Å²) in [6.45, 7) is 1.63. The third-order valence-electron chi connectivity index (χ3n) is 6.17. The number of aliphatic carboxylic acids is 1. The number of rotatable bonds is 8. The average Bonchev–Trinajstić information content (AvgIpc) is 2.89. The molecule has 2 N–H and O–H groups in total. The molecule has 0 fully saturated rings. The van der Waals surface area contributed by atoms with Gasteiger partial charge in [-0.2, -0.15) is 13.2 Å². The van der Waals surface area contributed by atoms with Crippen molar-refractivity contribution < 1.29 is 32.6 Å². The quantitative estimate of drug-likeness (QED) is 0.288. The monoisotopic (exact) mass is 507 g/mol. The van der Waals surface area contributed by atoms with Crippen LogP contribution in [-0.4, -0.2) is 23.0 Å². The number of fused-ring (bicyclic) bond motifs is 1. The first kappa shape index (κ1) is 25.8. The summed E-state index contributed by atoms with van der Waals surface area (Å²) >= 11 is 0. The van der Waals surface area contributed by atoms with E-state index in [0.717, 1.165) is 23.1 Å². The van der Waals surface area contributed by atoms with E-state index in [9.17, 15) is 27.9 Å². The highest BCUT2D eigenvalue weighted by Gasteiger charge is 2.31. The van der Waals surface area contributed by atoms with Crippen LogP contribution in [0.15, 0.2) is 91.0 Å². The van der Waals surface area contributed by atoms with Crippen molar-refractivity contribution in [3.05, 3.63) is 113 Å². The Kier molecular flexibility index (Phi) is 7.47. The van der Waals surface area contributed by atoms with Crippen LogP contribution in [0.25, 0.3) is 10.8 Å². The molecule has 0 bridgehead atoms. The van der Waals surface area contributed by atoms with Crippen molar-refractivity contribution in [2.45, 2.75) is 31.7 Å². The molecule has 2 atom stereocenters. The lowest BCUT2D eigenvalue weighted by Gasteiger charge is -2.23. The molecule has 37 heavy (non-hydrogen) atoms. The highest BCUT2D eigenvalue weighted by atomic mass is 19.4. The van der Waals surface area contributed by atoms with Gasteiger partial charge in [-0.1, -0.05) is 79.7 Å². The summed E-state index contributed by atoms with van der Waals surface area (Å²) in [5, 5.41) is 13.9. The summed E-state index contributed by atoms with van der Waals surface area (Å²) in [5.74, 6) is -2.12. The van der Waals surface area contributed by atoms with Gasteiger partial charge < -0.3 is 15.2 Å². The van der Waals surface area contributed by atoms with Gasteiger partial charge in [0.1, 0.15) is 18.4 Å². The summed E-state index contributed by atoms with van der Waals surface area (Å²) in [4.78, 5) is 25.4. The summed E-state index contributed by atoms with van der Waals surface area (Å²) in [5.41, 5.74) is 0.590. The zero-order valence-electron chi connectivity index (χ0n) is 19.8. The minimum Gasteiger partial charge on any atom is -0.487 e. The van der Waals surface area contributed by atoms with Crippen molar-refractivity contribution in [3.63, 3.8) is 0 Å². The summed E-state index contributed by atoms with van der Waals surface area (Å²) in [6.07, 6.45) is -4.45. The maximum absolute atomic E-state index is 13.3. The fourth-order valence-electron chi connectivity index (χ4n) is 4.09. The van der Waals surface area contributed by atoms with Crippen LogP contribution in [-0.2, 0) is 17.6 Å². The summed E-state index contributed by atoms with van der Waals surface area (Å²) in [7, 11) is 0. The second kappa shape index (κ2) is 10.7. The van der Waals surface area contributed by atoms with E-state index in [1.54, 1.807) is 55.5 Å². The zero-order valence-corrected chi connectivity index (χ0v) is 19.8. The molecule has 4 aromatic carbocycles. The third-order valence-corrected chi connectivity index (χ3v) is 6.17. The number of ether oxygens (including phenoxy) is 1. The van der Waals surface area contributed by atoms with Crippen LogP contribution < -0.4 is 10.1 Å². The molecule has 0 aliphatic carbocycles. The minimum absolute atomic E-state index is 0.0881. The van der Waals surface area contributed by atoms with Gasteiger partial charge in [0.15, 0.2) is 0 Å². The van der Waals surface area contributed by atoms with Gasteiger partial charge >= 0.3 is 12.1 Å². The van der Waals surface area contributed by atoms with Gasteiger partial charge in [-0.25, -0.2) is 4.79 Å². The Hall–Kier alpha value is -4.33. The van der Waals surface area contributed by atoms with E-state index >= 15 is 0 Å². The number of alkyl halides is 3. The Morgan fingerprint density at radius 1 is 0.892 bits per heavy atom. The van der Waals surface area contributed by atoms with Gasteiger partial charge in [-0.05, 0) is 34.7 Å². The topological polar surface area (TPSA) is 75.6 Å². The number of carbonyl (C=O) groups is 2. The molecule has 0 radical (unpaired) electrons. The molecule has 0 aliphatic rings. The van der Waals surface area contributed by atoms with Gasteiger partial charge in [0.2, 0.25) is 0 Å². The van der Waals surface area contributed by atoms with E-state index in [2.05, 4.69) is 5.32 Å². The molecule has 5 nitrogen and oxygen atoms in total. The number of halogens is 3. The van der Waals surface area contributed by atoms with Crippen LogP contribution in [0.2, 0.25) is 0 Å². The van der Waals surface area contributed by atoms with Crippen LogP contribution >= 0.6 is 0 Å². The van der Waals surface area contributed by atoms with Crippen molar-refractivity contribution in [2.24, 2.45) is 0 Å². The van der Waals surface area contributed by atoms with E-state index < -0.39 is 35.6 Å². The normalized spacial score (nSPS) is 13.1. The Morgan fingerprint density at radius 2 is 1.54 bits per heavy atom. The maximum atomic E-state index is 13.3. The van der Waals surface area contributed by atoms with Crippen LogP contribution in [0.3, 0.4) is 0 Å². The number of nitrogens with one attached hydrogen (secondary N) is 1. The molecule has 0 saturated carbocycles. The zero-order chi connectivity index (χ0) is 26.6. The summed E-state index contributed by atoms with van der Waals surface area (Å²) in [6, 6.07) is 22.8. The molecule has 0 saturated heterocycles. The number of hydrogen-bond donors (Lipinski definition) is 2. The summed E-state index contributed by atoms with van der Waals surface area (Å²) < 4.78 is 44.7. The Balaban J connectivity index is 1.63. The van der Waals surface area contributed by atoms with Crippen LogP contribution in [0.5, 0.6) is 5.75 Å². The van der Waals surface area contributed by atoms with Gasteiger partial charge in [0.05, 0.1) is 11.1 Å². The fourth-order valence-corrected chi connectivity index (χ4v) is 4.09. The number of hydrogen-bond acceptors (Lipinski definition) is 3. The van der Waals surface area contributed by atoms with Crippen LogP contribution in [0.1, 0.15) is 39.9 Å². The molecule has 0 aromatic heterocycles. The molecule has 0 aliphatic heterocycles. The molecule has 1 amide bonds. The molecule has 0 spiro atoms. The van der Waals surface area contributed by atoms with Crippen molar-refractivity contribution in [1.82, 2.24) is 5.32 Å². The van der Waals surface area contributed by atoms with E-state index in [-0.39, 0.29) is 17.9 Å². The first-order chi connectivity index (χ1) is 17.6. The molecule has 8 heteroatoms. The molecular weight excluding hydrogens is 483 g/mol. The number of carboxylic acids is 1. The van der Waals surface area contributed by atoms with Gasteiger partial charge in [0, 0.05) is 11.3 Å². The van der Waals surface area contributed by atoms with E-state index in [1.165, 1.54) is 12.1 Å². The predicted molar refractivity (Wildman–Crippen MR) is 133 cm³/mol. The number of carbonyl (C=O) groups excluding carboxylic acids is 1. The first-order valence-electron chi connectivity index (χ1n) is 11.5. The lowest BCUT2D eigenvalue weighted by molar-refractivity contribution is -0.140. The smallest absolute Gasteiger partial charge is 0.416 e. The maximum Gasteiger partial charge on any atom is 0.416 e. The number of benzene rings is 4. The first-order valence-corrected chi connectivity index (χ1v) is 11.5. The van der Waals surface area contributed by atoms with Gasteiger partial charge in [-0.15, -0.1) is 0 Å². The number of carboxylic acid groups (broad SMARTS) is 1. The van der Waals surface area contributed by atoms with E-state index in [0.29, 0.717) is 10.9 Å². The SMILES string of the molecule is CC(c1ccccc1)C(NC(=O)c1ccc2ccccc2c1OCc1ccc(C(F)(F)F)cc1)C(=O)O. The van der Waals surface area contributed by atoms with Crippen LogP contribution in [0.4, 0.5) is 13.2 Å². The molecule has 190 valence electrons. The predicted octanol–water partition coefficient (Wildman–Crippen LogP) is 6.42. The van der Waals surface area contributed by atoms with Gasteiger partial charge in [-0.3, -0.25) is 4.79 Å². The van der Waals surface area contributed by atoms with Crippen molar-refractivity contribution in [2.75, 3.05) is 0 Å². The Labute approximate surface area is 211 Å². The average molecular weight is 508 g/mol. The minimum atomic E-state index is -4.45. The second-order valence-corrected chi connectivity index (χ2v) is 8.64. The van der Waals surface area contributed by atoms with E-state index in [1.807, 2.05) is 18.2 Å².